The van der Waals surface area contributed by atoms with Gasteiger partial charge in [-0.15, -0.1) is 0 Å². The smallest absolute Gasteiger partial charge is 0.203 e. The van der Waals surface area contributed by atoms with Crippen LogP contribution in [0.2, 0.25) is 0 Å². The fourth-order valence-corrected chi connectivity index (χ4v) is 1.32. The summed E-state index contributed by atoms with van der Waals surface area (Å²) in [6.07, 6.45) is 6.52. The van der Waals surface area contributed by atoms with Crippen molar-refractivity contribution in [2.24, 2.45) is 0 Å². The van der Waals surface area contributed by atoms with Crippen LogP contribution in [0, 0.1) is 5.21 Å². The Morgan fingerprint density at radius 2 is 2.08 bits per heavy atom. The molecular weight excluding hydrogens is 222 g/mol. The molecule has 0 aromatic rings. The highest BCUT2D eigenvalue weighted by Crippen LogP contribution is 2.27. The van der Waals surface area contributed by atoms with Crippen LogP contribution in [0.1, 0.15) is 13.8 Å². The van der Waals surface area contributed by atoms with E-state index in [9.17, 15) is 10.3 Å². The standard InChI is InChI=1S/C8H12BrNO2/c1-7(2,11)8(9)5-3-4-6-10(8)12/h3-6,10-11H,1-2H3. The second kappa shape index (κ2) is 2.96. The van der Waals surface area contributed by atoms with Gasteiger partial charge >= 0.3 is 0 Å². The molecule has 0 aromatic carbocycles. The van der Waals surface area contributed by atoms with Gasteiger partial charge in [-0.25, -0.2) is 0 Å². The molecule has 2 atom stereocenters. The fraction of sp³-hybridized carbons (Fsp3) is 0.500. The highest BCUT2D eigenvalue weighted by molar-refractivity contribution is 9.10. The topological polar surface area (TPSA) is 47.7 Å². The summed E-state index contributed by atoms with van der Waals surface area (Å²) in [6.45, 7) is 3.20. The third-order valence-corrected chi connectivity index (χ3v) is 3.56. The lowest BCUT2D eigenvalue weighted by atomic mass is 9.97. The molecule has 3 nitrogen and oxygen atoms in total. The molecule has 1 rings (SSSR count). The van der Waals surface area contributed by atoms with Crippen LogP contribution in [-0.2, 0) is 0 Å². The van der Waals surface area contributed by atoms with Gasteiger partial charge in [0.25, 0.3) is 0 Å². The number of nitrogens with one attached hydrogen (secondary N) is 1. The summed E-state index contributed by atoms with van der Waals surface area (Å²) >= 11 is 3.24. The zero-order valence-electron chi connectivity index (χ0n) is 7.04. The quantitative estimate of drug-likeness (QED) is 0.390. The van der Waals surface area contributed by atoms with E-state index >= 15 is 0 Å². The number of halogens is 1. The van der Waals surface area contributed by atoms with Crippen molar-refractivity contribution in [2.75, 3.05) is 0 Å². The molecule has 1 aliphatic heterocycles. The third kappa shape index (κ3) is 1.47. The first kappa shape index (κ1) is 9.92. The molecule has 12 heavy (non-hydrogen) atoms. The first-order chi connectivity index (χ1) is 5.38. The van der Waals surface area contributed by atoms with Gasteiger partial charge in [0.05, 0.1) is 6.20 Å². The molecule has 1 aliphatic rings. The molecule has 0 aliphatic carbocycles. The van der Waals surface area contributed by atoms with Gasteiger partial charge in [0.2, 0.25) is 4.45 Å². The Morgan fingerprint density at radius 3 is 2.42 bits per heavy atom. The first-order valence-corrected chi connectivity index (χ1v) is 4.49. The Kier molecular flexibility index (Phi) is 2.45. The lowest BCUT2D eigenvalue weighted by Crippen LogP contribution is -3.13. The molecule has 0 saturated heterocycles. The van der Waals surface area contributed by atoms with E-state index in [0.29, 0.717) is 0 Å². The van der Waals surface area contributed by atoms with Crippen molar-refractivity contribution in [1.29, 1.82) is 0 Å². The number of hydrogen-bond acceptors (Lipinski definition) is 2. The summed E-state index contributed by atoms with van der Waals surface area (Å²) in [5.74, 6) is 0. The summed E-state index contributed by atoms with van der Waals surface area (Å²) < 4.78 is -0.964. The minimum atomic E-state index is -1.09. The van der Waals surface area contributed by atoms with E-state index in [1.165, 1.54) is 6.20 Å². The Bertz CT molecular complexity index is 232. The van der Waals surface area contributed by atoms with Gasteiger partial charge in [0.1, 0.15) is 5.60 Å². The summed E-state index contributed by atoms with van der Waals surface area (Å²) in [6, 6.07) is 0. The minimum Gasteiger partial charge on any atom is -0.628 e. The lowest BCUT2D eigenvalue weighted by Gasteiger charge is -2.43. The molecule has 0 spiro atoms. The molecule has 0 bridgehead atoms. The monoisotopic (exact) mass is 233 g/mol. The summed E-state index contributed by atoms with van der Waals surface area (Å²) in [5, 5.41) is 21.0. The molecule has 0 radical (unpaired) electrons. The van der Waals surface area contributed by atoms with Gasteiger partial charge in [0, 0.05) is 0 Å². The van der Waals surface area contributed by atoms with Crippen LogP contribution in [0.4, 0.5) is 0 Å². The van der Waals surface area contributed by atoms with Gasteiger partial charge in [0.15, 0.2) is 0 Å². The second-order valence-corrected chi connectivity index (χ2v) is 4.60. The maximum absolute atomic E-state index is 11.4. The van der Waals surface area contributed by atoms with E-state index in [1.807, 2.05) is 0 Å². The molecule has 4 heteroatoms. The SMILES string of the molecule is CC(C)(O)C1(Br)C=CC=C[NH+]1[O-]. The number of allylic oxidation sites excluding steroid dienone is 2. The first-order valence-electron chi connectivity index (χ1n) is 3.69. The molecule has 2 unspecified atom stereocenters. The van der Waals surface area contributed by atoms with Crippen LogP contribution in [0.3, 0.4) is 0 Å². The maximum atomic E-state index is 11.4. The van der Waals surface area contributed by atoms with E-state index in [4.69, 9.17) is 0 Å². The van der Waals surface area contributed by atoms with Gasteiger partial charge in [-0.2, -0.15) is 0 Å². The van der Waals surface area contributed by atoms with Gasteiger partial charge in [-0.1, -0.05) is 6.08 Å². The molecule has 1 heterocycles. The average molecular weight is 234 g/mol. The fourth-order valence-electron chi connectivity index (χ4n) is 1.04. The zero-order valence-corrected chi connectivity index (χ0v) is 8.63. The van der Waals surface area contributed by atoms with Crippen molar-refractivity contribution < 1.29 is 10.2 Å². The zero-order chi connectivity index (χ0) is 9.41. The maximum Gasteiger partial charge on any atom is 0.203 e. The lowest BCUT2D eigenvalue weighted by molar-refractivity contribution is -0.832. The summed E-state index contributed by atoms with van der Waals surface area (Å²) in [4.78, 5) is 0. The highest BCUT2D eigenvalue weighted by atomic mass is 79.9. The Balaban J connectivity index is 2.99. The van der Waals surface area contributed by atoms with Crippen molar-refractivity contribution >= 4 is 15.9 Å². The number of rotatable bonds is 1. The molecule has 0 fully saturated rings. The highest BCUT2D eigenvalue weighted by Gasteiger charge is 2.45. The van der Waals surface area contributed by atoms with Crippen molar-refractivity contribution in [2.45, 2.75) is 23.9 Å². The Morgan fingerprint density at radius 1 is 1.50 bits per heavy atom. The van der Waals surface area contributed by atoms with Crippen molar-refractivity contribution in [3.63, 3.8) is 0 Å². The molecule has 2 N–H and O–H groups in total. The van der Waals surface area contributed by atoms with Crippen LogP contribution in [0.25, 0.3) is 0 Å². The van der Waals surface area contributed by atoms with Crippen LogP contribution in [-0.4, -0.2) is 15.2 Å². The van der Waals surface area contributed by atoms with Gasteiger partial charge < -0.3 is 15.4 Å². The largest absolute Gasteiger partial charge is 0.628 e. The predicted octanol–water partition coefficient (Wildman–Crippen LogP) is 0.315. The van der Waals surface area contributed by atoms with Crippen LogP contribution in [0.5, 0.6) is 0 Å². The Labute approximate surface area is 80.1 Å². The van der Waals surface area contributed by atoms with Crippen molar-refractivity contribution in [3.8, 4) is 0 Å². The Hall–Kier alpha value is -0.160. The normalized spacial score (nSPS) is 35.6. The predicted molar refractivity (Wildman–Crippen MR) is 50.6 cm³/mol. The number of aliphatic hydroxyl groups is 1. The number of hydroxylamine groups is 2. The van der Waals surface area contributed by atoms with E-state index < -0.39 is 10.0 Å². The summed E-state index contributed by atoms with van der Waals surface area (Å²) in [5.41, 5.74) is -1.09. The van der Waals surface area contributed by atoms with Crippen LogP contribution < -0.4 is 5.06 Å². The van der Waals surface area contributed by atoms with E-state index in [2.05, 4.69) is 15.9 Å². The van der Waals surface area contributed by atoms with Crippen molar-refractivity contribution in [3.05, 3.63) is 29.6 Å². The van der Waals surface area contributed by atoms with Gasteiger partial charge in [-0.05, 0) is 41.9 Å². The van der Waals surface area contributed by atoms with E-state index in [0.717, 1.165) is 0 Å². The summed E-state index contributed by atoms with van der Waals surface area (Å²) in [7, 11) is 0. The molecule has 0 saturated carbocycles. The van der Waals surface area contributed by atoms with Crippen LogP contribution in [0.15, 0.2) is 24.4 Å². The molecule has 0 amide bonds. The molecule has 68 valence electrons. The van der Waals surface area contributed by atoms with Crippen molar-refractivity contribution in [1.82, 2.24) is 0 Å². The van der Waals surface area contributed by atoms with Gasteiger partial charge in [-0.3, -0.25) is 0 Å². The number of alkyl halides is 1. The second-order valence-electron chi connectivity index (χ2n) is 3.35. The van der Waals surface area contributed by atoms with E-state index in [-0.39, 0.29) is 5.06 Å². The van der Waals surface area contributed by atoms with E-state index in [1.54, 1.807) is 32.1 Å². The third-order valence-electron chi connectivity index (χ3n) is 1.93. The number of hydrogen-bond donors (Lipinski definition) is 2. The number of quaternary nitrogens is 1. The molecule has 0 aromatic heterocycles. The molecular formula is C8H12BrNO2. The average Bonchev–Trinajstić information content (AvgIpc) is 1.93. The minimum absolute atomic E-state index is 0.127. The van der Waals surface area contributed by atoms with Crippen LogP contribution >= 0.6 is 15.9 Å².